The molecule has 4 nitrogen and oxygen atoms in total. The number of rotatable bonds is 1. The van der Waals surface area contributed by atoms with Gasteiger partial charge in [-0.2, -0.15) is 18.3 Å². The van der Waals surface area contributed by atoms with Crippen molar-refractivity contribution in [3.63, 3.8) is 0 Å². The molecule has 0 spiro atoms. The van der Waals surface area contributed by atoms with Crippen LogP contribution in [0, 0.1) is 0 Å². The first-order chi connectivity index (χ1) is 7.88. The maximum absolute atomic E-state index is 12.4. The zero-order chi connectivity index (χ0) is 12.3. The van der Waals surface area contributed by atoms with Crippen LogP contribution in [-0.4, -0.2) is 14.6 Å². The van der Waals surface area contributed by atoms with Crippen LogP contribution in [0.3, 0.4) is 0 Å². The summed E-state index contributed by atoms with van der Waals surface area (Å²) in [6, 6.07) is 0.917. The maximum atomic E-state index is 12.4. The fraction of sp³-hybridized carbons (Fsp3) is 0.400. The van der Waals surface area contributed by atoms with Gasteiger partial charge < -0.3 is 5.73 Å². The Balaban J connectivity index is 2.11. The summed E-state index contributed by atoms with van der Waals surface area (Å²) in [5.74, 6) is 0. The summed E-state index contributed by atoms with van der Waals surface area (Å²) in [6.07, 6.45) is 0.240. The van der Waals surface area contributed by atoms with Gasteiger partial charge in [0.25, 0.3) is 0 Å². The summed E-state index contributed by atoms with van der Waals surface area (Å²) in [6.45, 7) is 0. The standard InChI is InChI=1S/C10H9F3N4/c11-10(12,13)7-3-8-15-4-6(5-17(8)16-7)9(14)1-2-9/h3-5H,1-2,14H2. The second-order valence-corrected chi connectivity index (χ2v) is 4.33. The molecule has 0 aromatic carbocycles. The highest BCUT2D eigenvalue weighted by Gasteiger charge is 2.41. The van der Waals surface area contributed by atoms with Crippen molar-refractivity contribution >= 4 is 5.65 Å². The molecule has 0 atom stereocenters. The van der Waals surface area contributed by atoms with Gasteiger partial charge in [-0.3, -0.25) is 0 Å². The molecule has 2 N–H and O–H groups in total. The van der Waals surface area contributed by atoms with Gasteiger partial charge in [0.2, 0.25) is 0 Å². The molecule has 2 aromatic heterocycles. The van der Waals surface area contributed by atoms with E-state index in [0.29, 0.717) is 0 Å². The average molecular weight is 242 g/mol. The number of alkyl halides is 3. The minimum absolute atomic E-state index is 0.172. The predicted octanol–water partition coefficient (Wildman–Crippen LogP) is 1.70. The number of nitrogens with zero attached hydrogens (tertiary/aromatic N) is 3. The number of hydrogen-bond donors (Lipinski definition) is 1. The van der Waals surface area contributed by atoms with Crippen molar-refractivity contribution in [2.75, 3.05) is 0 Å². The molecule has 7 heteroatoms. The lowest BCUT2D eigenvalue weighted by atomic mass is 10.1. The van der Waals surface area contributed by atoms with Crippen molar-refractivity contribution in [3.8, 4) is 0 Å². The minimum Gasteiger partial charge on any atom is -0.321 e. The first-order valence-electron chi connectivity index (χ1n) is 5.10. The van der Waals surface area contributed by atoms with Gasteiger partial charge >= 0.3 is 6.18 Å². The Morgan fingerprint density at radius 3 is 2.65 bits per heavy atom. The zero-order valence-electron chi connectivity index (χ0n) is 8.70. The Morgan fingerprint density at radius 2 is 2.06 bits per heavy atom. The van der Waals surface area contributed by atoms with Crippen LogP contribution in [-0.2, 0) is 11.7 Å². The van der Waals surface area contributed by atoms with E-state index in [1.807, 2.05) is 0 Å². The summed E-state index contributed by atoms with van der Waals surface area (Å²) in [5, 5.41) is 3.46. The molecule has 1 aliphatic carbocycles. The molecule has 3 rings (SSSR count). The van der Waals surface area contributed by atoms with Crippen molar-refractivity contribution in [3.05, 3.63) is 29.7 Å². The van der Waals surface area contributed by atoms with Gasteiger partial charge in [-0.25, -0.2) is 9.50 Å². The smallest absolute Gasteiger partial charge is 0.321 e. The monoisotopic (exact) mass is 242 g/mol. The highest BCUT2D eigenvalue weighted by Crippen LogP contribution is 2.42. The van der Waals surface area contributed by atoms with Gasteiger partial charge in [-0.1, -0.05) is 0 Å². The van der Waals surface area contributed by atoms with E-state index in [1.165, 1.54) is 12.4 Å². The Morgan fingerprint density at radius 1 is 1.35 bits per heavy atom. The van der Waals surface area contributed by atoms with Crippen molar-refractivity contribution < 1.29 is 13.2 Å². The fourth-order valence-electron chi connectivity index (χ4n) is 1.70. The third-order valence-corrected chi connectivity index (χ3v) is 2.97. The summed E-state index contributed by atoms with van der Waals surface area (Å²) >= 11 is 0. The maximum Gasteiger partial charge on any atom is 0.435 e. The Labute approximate surface area is 94.2 Å². The van der Waals surface area contributed by atoms with E-state index in [4.69, 9.17) is 5.73 Å². The van der Waals surface area contributed by atoms with E-state index in [9.17, 15) is 13.2 Å². The molecule has 1 saturated carbocycles. The van der Waals surface area contributed by atoms with Gasteiger partial charge in [0.05, 0.1) is 0 Å². The number of halogens is 3. The summed E-state index contributed by atoms with van der Waals surface area (Å²) in [7, 11) is 0. The molecule has 0 aliphatic heterocycles. The van der Waals surface area contributed by atoms with Crippen molar-refractivity contribution in [1.82, 2.24) is 14.6 Å². The van der Waals surface area contributed by atoms with Crippen molar-refractivity contribution in [2.24, 2.45) is 5.73 Å². The van der Waals surface area contributed by atoms with Gasteiger partial charge in [0.1, 0.15) is 0 Å². The van der Waals surface area contributed by atoms with Crippen LogP contribution in [0.4, 0.5) is 13.2 Å². The van der Waals surface area contributed by atoms with E-state index < -0.39 is 17.4 Å². The molecule has 0 amide bonds. The molecule has 1 fully saturated rings. The molecule has 2 aromatic rings. The normalized spacial score (nSPS) is 18.6. The highest BCUT2D eigenvalue weighted by atomic mass is 19.4. The van der Waals surface area contributed by atoms with E-state index in [1.54, 1.807) is 0 Å². The molecule has 90 valence electrons. The van der Waals surface area contributed by atoms with Gasteiger partial charge in [0.15, 0.2) is 11.3 Å². The summed E-state index contributed by atoms with van der Waals surface area (Å²) < 4.78 is 38.5. The number of hydrogen-bond acceptors (Lipinski definition) is 3. The van der Waals surface area contributed by atoms with E-state index in [0.717, 1.165) is 29.0 Å². The third kappa shape index (κ3) is 1.66. The van der Waals surface area contributed by atoms with Crippen LogP contribution < -0.4 is 5.73 Å². The van der Waals surface area contributed by atoms with Gasteiger partial charge in [0, 0.05) is 29.6 Å². The Bertz CT molecular complexity index is 579. The second kappa shape index (κ2) is 2.98. The van der Waals surface area contributed by atoms with Crippen LogP contribution in [0.15, 0.2) is 18.5 Å². The first kappa shape index (κ1) is 10.5. The minimum atomic E-state index is -4.45. The van der Waals surface area contributed by atoms with Crippen LogP contribution in [0.2, 0.25) is 0 Å². The molecule has 0 saturated heterocycles. The molecule has 0 radical (unpaired) electrons. The topological polar surface area (TPSA) is 56.2 Å². The van der Waals surface area contributed by atoms with Crippen LogP contribution in [0.25, 0.3) is 5.65 Å². The van der Waals surface area contributed by atoms with E-state index in [2.05, 4.69) is 10.1 Å². The molecular weight excluding hydrogens is 233 g/mol. The number of nitrogens with two attached hydrogens (primary N) is 1. The lowest BCUT2D eigenvalue weighted by Gasteiger charge is -2.07. The van der Waals surface area contributed by atoms with E-state index >= 15 is 0 Å². The largest absolute Gasteiger partial charge is 0.435 e. The van der Waals surface area contributed by atoms with Gasteiger partial charge in [-0.05, 0) is 12.8 Å². The predicted molar refractivity (Wildman–Crippen MR) is 53.1 cm³/mol. The molecule has 0 bridgehead atoms. The SMILES string of the molecule is NC1(c2cnc3cc(C(F)(F)F)nn3c2)CC1. The Hall–Kier alpha value is -1.63. The van der Waals surface area contributed by atoms with Crippen LogP contribution in [0.5, 0.6) is 0 Å². The fourth-order valence-corrected chi connectivity index (χ4v) is 1.70. The second-order valence-electron chi connectivity index (χ2n) is 4.33. The van der Waals surface area contributed by atoms with Crippen molar-refractivity contribution in [1.29, 1.82) is 0 Å². The third-order valence-electron chi connectivity index (χ3n) is 2.97. The lowest BCUT2D eigenvalue weighted by molar-refractivity contribution is -0.141. The summed E-state index contributed by atoms with van der Waals surface area (Å²) in [5.41, 5.74) is 5.48. The van der Waals surface area contributed by atoms with Crippen molar-refractivity contribution in [2.45, 2.75) is 24.6 Å². The molecular formula is C10H9F3N4. The first-order valence-corrected chi connectivity index (χ1v) is 5.10. The molecule has 0 unspecified atom stereocenters. The van der Waals surface area contributed by atoms with E-state index in [-0.39, 0.29) is 5.65 Å². The number of aromatic nitrogens is 3. The Kier molecular flexibility index (Phi) is 1.84. The number of fused-ring (bicyclic) bond motifs is 1. The molecule has 2 heterocycles. The quantitative estimate of drug-likeness (QED) is 0.828. The highest BCUT2D eigenvalue weighted by molar-refractivity contribution is 5.41. The van der Waals surface area contributed by atoms with Gasteiger partial charge in [-0.15, -0.1) is 0 Å². The summed E-state index contributed by atoms with van der Waals surface area (Å²) in [4.78, 5) is 3.94. The van der Waals surface area contributed by atoms with Crippen LogP contribution >= 0.6 is 0 Å². The van der Waals surface area contributed by atoms with Crippen LogP contribution in [0.1, 0.15) is 24.1 Å². The lowest BCUT2D eigenvalue weighted by Crippen LogP contribution is -2.19. The average Bonchev–Trinajstić information content (AvgIpc) is 2.85. The molecule has 1 aliphatic rings. The zero-order valence-corrected chi connectivity index (χ0v) is 8.70. The molecule has 17 heavy (non-hydrogen) atoms.